The second-order valence-electron chi connectivity index (χ2n) is 7.52. The van der Waals surface area contributed by atoms with Crippen molar-refractivity contribution < 1.29 is 23.8 Å². The highest BCUT2D eigenvalue weighted by Crippen LogP contribution is 2.29. The van der Waals surface area contributed by atoms with E-state index in [0.717, 1.165) is 25.8 Å². The predicted molar refractivity (Wildman–Crippen MR) is 125 cm³/mol. The molecule has 2 aromatic carbocycles. The summed E-state index contributed by atoms with van der Waals surface area (Å²) in [4.78, 5) is 24.8. The minimum atomic E-state index is -0.549. The molecule has 0 atom stereocenters. The molecule has 0 heterocycles. The zero-order chi connectivity index (χ0) is 22.8. The number of methoxy groups -OCH3 is 2. The third-order valence-corrected chi connectivity index (χ3v) is 5.30. The van der Waals surface area contributed by atoms with Crippen LogP contribution >= 0.6 is 0 Å². The van der Waals surface area contributed by atoms with Crippen molar-refractivity contribution in [3.05, 3.63) is 59.7 Å². The van der Waals surface area contributed by atoms with Gasteiger partial charge in [0.05, 0.1) is 19.8 Å². The lowest BCUT2D eigenvalue weighted by atomic mass is 9.97. The van der Waals surface area contributed by atoms with Gasteiger partial charge in [-0.3, -0.25) is 4.79 Å². The van der Waals surface area contributed by atoms with E-state index in [4.69, 9.17) is 14.2 Å². The molecule has 1 amide bonds. The Morgan fingerprint density at radius 1 is 1.00 bits per heavy atom. The van der Waals surface area contributed by atoms with Crippen molar-refractivity contribution in [3.63, 3.8) is 0 Å². The molecule has 0 aromatic heterocycles. The number of benzene rings is 2. The molecule has 0 aliphatic heterocycles. The lowest BCUT2D eigenvalue weighted by molar-refractivity contribution is -0.119. The first-order chi connectivity index (χ1) is 15.6. The third-order valence-electron chi connectivity index (χ3n) is 5.30. The van der Waals surface area contributed by atoms with Gasteiger partial charge in [-0.05, 0) is 56.4 Å². The molecule has 2 N–H and O–H groups in total. The zero-order valence-corrected chi connectivity index (χ0v) is 18.6. The largest absolute Gasteiger partial charge is 0.493 e. The van der Waals surface area contributed by atoms with Gasteiger partial charge in [0.25, 0.3) is 5.91 Å². The fourth-order valence-corrected chi connectivity index (χ4v) is 3.62. The van der Waals surface area contributed by atoms with Crippen LogP contribution in [0, 0.1) is 0 Å². The molecule has 32 heavy (non-hydrogen) atoms. The van der Waals surface area contributed by atoms with Crippen molar-refractivity contribution in [1.29, 1.82) is 0 Å². The van der Waals surface area contributed by atoms with Gasteiger partial charge < -0.3 is 24.8 Å². The summed E-state index contributed by atoms with van der Waals surface area (Å²) in [5.41, 5.74) is 3.09. The van der Waals surface area contributed by atoms with Crippen LogP contribution in [0.2, 0.25) is 0 Å². The van der Waals surface area contributed by atoms with E-state index in [1.54, 1.807) is 30.3 Å². The molecule has 0 saturated heterocycles. The van der Waals surface area contributed by atoms with Gasteiger partial charge in [-0.2, -0.15) is 0 Å². The van der Waals surface area contributed by atoms with Crippen LogP contribution in [-0.2, 0) is 9.53 Å². The summed E-state index contributed by atoms with van der Waals surface area (Å²) < 4.78 is 15.7. The fraction of sp³-hybridized carbons (Fsp3) is 0.360. The van der Waals surface area contributed by atoms with E-state index < -0.39 is 18.5 Å². The minimum Gasteiger partial charge on any atom is -0.493 e. The Morgan fingerprint density at radius 3 is 2.56 bits per heavy atom. The quantitative estimate of drug-likeness (QED) is 0.409. The summed E-state index contributed by atoms with van der Waals surface area (Å²) >= 11 is 0. The number of nitrogens with one attached hydrogen (secondary N) is 2. The van der Waals surface area contributed by atoms with E-state index in [0.29, 0.717) is 28.4 Å². The number of amides is 1. The minimum absolute atomic E-state index is 0.394. The van der Waals surface area contributed by atoms with Gasteiger partial charge in [0.1, 0.15) is 0 Å². The molecule has 1 aliphatic carbocycles. The van der Waals surface area contributed by atoms with Gasteiger partial charge in [0.2, 0.25) is 0 Å². The smallest absolute Gasteiger partial charge is 0.340 e. The maximum atomic E-state index is 12.6. The van der Waals surface area contributed by atoms with E-state index in [9.17, 15) is 9.59 Å². The van der Waals surface area contributed by atoms with E-state index in [1.165, 1.54) is 32.6 Å². The molecular weight excluding hydrogens is 408 g/mol. The van der Waals surface area contributed by atoms with E-state index in [-0.39, 0.29) is 0 Å². The Morgan fingerprint density at radius 2 is 1.81 bits per heavy atom. The van der Waals surface area contributed by atoms with Crippen molar-refractivity contribution in [2.24, 2.45) is 0 Å². The van der Waals surface area contributed by atoms with E-state index in [2.05, 4.69) is 16.7 Å². The third kappa shape index (κ3) is 6.51. The topological polar surface area (TPSA) is 85.9 Å². The van der Waals surface area contributed by atoms with Crippen LogP contribution in [0.1, 0.15) is 42.5 Å². The summed E-state index contributed by atoms with van der Waals surface area (Å²) in [5, 5.41) is 6.01. The van der Waals surface area contributed by atoms with Crippen LogP contribution in [0.25, 0.3) is 0 Å². The molecule has 0 unspecified atom stereocenters. The summed E-state index contributed by atoms with van der Waals surface area (Å²) in [5.74, 6) is 0.0554. The Labute approximate surface area is 188 Å². The van der Waals surface area contributed by atoms with Crippen LogP contribution < -0.4 is 20.1 Å². The Hall–Kier alpha value is -3.48. The summed E-state index contributed by atoms with van der Waals surface area (Å²) in [7, 11) is 3.05. The molecule has 0 bridgehead atoms. The second kappa shape index (κ2) is 11.8. The number of esters is 1. The van der Waals surface area contributed by atoms with E-state index in [1.807, 2.05) is 12.1 Å². The predicted octanol–water partition coefficient (Wildman–Crippen LogP) is 4.80. The lowest BCUT2D eigenvalue weighted by Crippen LogP contribution is -2.21. The molecule has 0 radical (unpaired) electrons. The average Bonchev–Trinajstić information content (AvgIpc) is 2.83. The number of carbonyl (C=O) groups excluding carboxylic acids is 2. The number of allylic oxidation sites excluding steroid dienone is 1. The van der Waals surface area contributed by atoms with Crippen molar-refractivity contribution in [3.8, 4) is 11.5 Å². The van der Waals surface area contributed by atoms with Gasteiger partial charge >= 0.3 is 5.97 Å². The standard InChI is InChI=1S/C25H30N2O5/c1-30-22-13-12-19(16-23(22)31-2)27-24(28)17-32-25(29)20-10-6-7-11-21(20)26-15-14-18-8-4-3-5-9-18/h6-8,10-13,16,26H,3-5,9,14-15,17H2,1-2H3,(H,27,28). The SMILES string of the molecule is COc1ccc(NC(=O)COC(=O)c2ccccc2NCCC2=CCCCC2)cc1OC. The van der Waals surface area contributed by atoms with Gasteiger partial charge in [-0.1, -0.05) is 23.8 Å². The highest BCUT2D eigenvalue weighted by atomic mass is 16.5. The molecule has 0 spiro atoms. The van der Waals surface area contributed by atoms with Crippen LogP contribution in [0.4, 0.5) is 11.4 Å². The van der Waals surface area contributed by atoms with Crippen LogP contribution in [-0.4, -0.2) is 39.2 Å². The maximum absolute atomic E-state index is 12.6. The maximum Gasteiger partial charge on any atom is 0.340 e. The molecule has 1 aliphatic rings. The first-order valence-corrected chi connectivity index (χ1v) is 10.8. The van der Waals surface area contributed by atoms with Gasteiger partial charge in [0.15, 0.2) is 18.1 Å². The molecule has 2 aromatic rings. The molecule has 7 heteroatoms. The number of hydrogen-bond donors (Lipinski definition) is 2. The van der Waals surface area contributed by atoms with Crippen molar-refractivity contribution in [2.75, 3.05) is 38.0 Å². The lowest BCUT2D eigenvalue weighted by Gasteiger charge is -2.15. The van der Waals surface area contributed by atoms with Gasteiger partial charge in [-0.25, -0.2) is 4.79 Å². The molecule has 0 saturated carbocycles. The Balaban J connectivity index is 1.52. The Bertz CT molecular complexity index is 971. The first-order valence-electron chi connectivity index (χ1n) is 10.8. The average molecular weight is 439 g/mol. The van der Waals surface area contributed by atoms with Crippen molar-refractivity contribution in [2.45, 2.75) is 32.1 Å². The number of carbonyl (C=O) groups is 2. The normalized spacial score (nSPS) is 13.0. The second-order valence-corrected chi connectivity index (χ2v) is 7.52. The molecule has 170 valence electrons. The molecule has 7 nitrogen and oxygen atoms in total. The number of anilines is 2. The number of para-hydroxylation sites is 1. The van der Waals surface area contributed by atoms with Crippen LogP contribution in [0.15, 0.2) is 54.1 Å². The summed E-state index contributed by atoms with van der Waals surface area (Å²) in [6, 6.07) is 12.2. The van der Waals surface area contributed by atoms with Crippen LogP contribution in [0.3, 0.4) is 0 Å². The van der Waals surface area contributed by atoms with Crippen molar-refractivity contribution >= 4 is 23.3 Å². The summed E-state index contributed by atoms with van der Waals surface area (Å²) in [6.07, 6.45) is 8.11. The zero-order valence-electron chi connectivity index (χ0n) is 18.6. The number of ether oxygens (including phenoxy) is 3. The molecular formula is C25H30N2O5. The van der Waals surface area contributed by atoms with Gasteiger partial charge in [0, 0.05) is 24.0 Å². The first kappa shape index (κ1) is 23.2. The fourth-order valence-electron chi connectivity index (χ4n) is 3.62. The number of hydrogen-bond acceptors (Lipinski definition) is 6. The Kier molecular flexibility index (Phi) is 8.54. The highest BCUT2D eigenvalue weighted by Gasteiger charge is 2.15. The monoisotopic (exact) mass is 438 g/mol. The number of rotatable bonds is 10. The van der Waals surface area contributed by atoms with Crippen molar-refractivity contribution in [1.82, 2.24) is 0 Å². The molecule has 3 rings (SSSR count). The summed E-state index contributed by atoms with van der Waals surface area (Å²) in [6.45, 7) is 0.352. The van der Waals surface area contributed by atoms with Gasteiger partial charge in [-0.15, -0.1) is 0 Å². The van der Waals surface area contributed by atoms with E-state index >= 15 is 0 Å². The highest BCUT2D eigenvalue weighted by molar-refractivity contribution is 5.98. The molecule has 0 fully saturated rings. The van der Waals surface area contributed by atoms with Crippen LogP contribution in [0.5, 0.6) is 11.5 Å².